The number of aliphatic hydroxyl groups is 1. The van der Waals surface area contributed by atoms with E-state index in [2.05, 4.69) is 67.9 Å². The van der Waals surface area contributed by atoms with Crippen molar-refractivity contribution in [3.63, 3.8) is 0 Å². The molecule has 4 N–H and O–H groups in total. The second kappa shape index (κ2) is 20.0. The number of amides is 1. The zero-order chi connectivity index (χ0) is 51.4. The van der Waals surface area contributed by atoms with Crippen LogP contribution in [0.2, 0.25) is 0 Å². The van der Waals surface area contributed by atoms with E-state index in [4.69, 9.17) is 18.9 Å². The van der Waals surface area contributed by atoms with Crippen LogP contribution < -0.4 is 29.1 Å². The van der Waals surface area contributed by atoms with Crippen molar-refractivity contribution in [1.82, 2.24) is 19.6 Å². The Balaban J connectivity index is 0.904. The Morgan fingerprint density at radius 1 is 1.03 bits per heavy atom. The number of nitrogens with one attached hydrogen (secondary N) is 3. The maximum atomic E-state index is 15.1. The lowest BCUT2D eigenvalue weighted by Crippen LogP contribution is -2.63. The summed E-state index contributed by atoms with van der Waals surface area (Å²) >= 11 is 0. The highest BCUT2D eigenvalue weighted by Gasteiger charge is 2.49. The molecule has 3 aromatic carbocycles. The zero-order valence-electron chi connectivity index (χ0n) is 42.1. The molecule has 2 aromatic heterocycles. The molecule has 17 nitrogen and oxygen atoms in total. The van der Waals surface area contributed by atoms with Gasteiger partial charge in [0.15, 0.2) is 17.2 Å². The summed E-state index contributed by atoms with van der Waals surface area (Å²) in [5.41, 5.74) is 2.60. The van der Waals surface area contributed by atoms with Crippen molar-refractivity contribution in [3.05, 3.63) is 99.5 Å². The SMILES string of the molecule is CO[C@@H](C)COc1nc2[nH]cc(F)c2cc1Oc1cc(N2CCC3(CC2)CN(C2CCC[C@H]2c2ccccc2C(C)C)C3)ccc1C(=O)NS(=O)(=O)c1cc2c(c([N+](=O)[O-])c1)N[C@@H](C1CCC(C)(O)CC1)CO2. The Kier molecular flexibility index (Phi) is 13.8. The third kappa shape index (κ3) is 10.3. The third-order valence-electron chi connectivity index (χ3n) is 16.3. The van der Waals surface area contributed by atoms with E-state index in [0.29, 0.717) is 43.6 Å². The molecule has 5 heterocycles. The van der Waals surface area contributed by atoms with Crippen molar-refractivity contribution >= 4 is 44.0 Å². The van der Waals surface area contributed by atoms with Gasteiger partial charge in [0.25, 0.3) is 27.5 Å². The Bertz CT molecular complexity index is 2990. The monoisotopic (exact) mass is 1020 g/mol. The van der Waals surface area contributed by atoms with E-state index < -0.39 is 42.9 Å². The van der Waals surface area contributed by atoms with Crippen LogP contribution in [0, 0.1) is 27.3 Å². The van der Waals surface area contributed by atoms with Gasteiger partial charge in [-0.2, -0.15) is 4.98 Å². The highest BCUT2D eigenvalue weighted by atomic mass is 32.2. The number of nitro groups is 1. The predicted molar refractivity (Wildman–Crippen MR) is 274 cm³/mol. The number of methoxy groups -OCH3 is 1. The maximum Gasteiger partial charge on any atom is 0.297 e. The smallest absolute Gasteiger partial charge is 0.297 e. The number of fused-ring (bicyclic) bond motifs is 2. The second-order valence-electron chi connectivity index (χ2n) is 21.6. The molecule has 1 unspecified atom stereocenters. The molecule has 5 aliphatic rings. The Hall–Kier alpha value is -6.02. The topological polar surface area (TPSA) is 211 Å². The van der Waals surface area contributed by atoms with Gasteiger partial charge in [0.1, 0.15) is 30.4 Å². The normalized spacial score (nSPS) is 24.4. The van der Waals surface area contributed by atoms with Gasteiger partial charge < -0.3 is 39.3 Å². The largest absolute Gasteiger partial charge is 0.489 e. The lowest BCUT2D eigenvalue weighted by atomic mass is 9.70. The third-order valence-corrected chi connectivity index (χ3v) is 17.6. The van der Waals surface area contributed by atoms with E-state index in [9.17, 15) is 28.4 Å². The molecule has 10 rings (SSSR count). The molecule has 19 heteroatoms. The second-order valence-corrected chi connectivity index (χ2v) is 23.3. The maximum absolute atomic E-state index is 15.1. The molecule has 5 aromatic rings. The van der Waals surface area contributed by atoms with Crippen LogP contribution in [0.25, 0.3) is 11.0 Å². The minimum atomic E-state index is -4.78. The molecular weight excluding hydrogens is 958 g/mol. The number of aromatic nitrogens is 2. The lowest BCUT2D eigenvalue weighted by Gasteiger charge is -2.57. The fourth-order valence-corrected chi connectivity index (χ4v) is 12.9. The number of sulfonamides is 1. The number of H-pyrrole nitrogens is 1. The van der Waals surface area contributed by atoms with Gasteiger partial charge in [-0.3, -0.25) is 19.8 Å². The lowest BCUT2D eigenvalue weighted by molar-refractivity contribution is -0.384. The number of aromatic amines is 1. The van der Waals surface area contributed by atoms with E-state index in [0.717, 1.165) is 63.0 Å². The first-order valence-corrected chi connectivity index (χ1v) is 27.1. The van der Waals surface area contributed by atoms with E-state index >= 15 is 4.39 Å². The van der Waals surface area contributed by atoms with Crippen molar-refractivity contribution < 1.29 is 46.6 Å². The minimum absolute atomic E-state index is 0.0261. The van der Waals surface area contributed by atoms with Crippen molar-refractivity contribution in [2.75, 3.05) is 56.7 Å². The van der Waals surface area contributed by atoms with Gasteiger partial charge in [0.2, 0.25) is 0 Å². The summed E-state index contributed by atoms with van der Waals surface area (Å²) in [5, 5.41) is 26.3. The van der Waals surface area contributed by atoms with E-state index in [-0.39, 0.29) is 82.1 Å². The molecule has 2 saturated heterocycles. The summed E-state index contributed by atoms with van der Waals surface area (Å²) in [6, 6.07) is 17.5. The van der Waals surface area contributed by atoms with E-state index in [1.807, 2.05) is 0 Å². The fraction of sp³-hybridized carbons (Fsp3) is 0.519. The van der Waals surface area contributed by atoms with Crippen LogP contribution in [0.4, 0.5) is 21.5 Å². The Morgan fingerprint density at radius 2 is 1.78 bits per heavy atom. The Morgan fingerprint density at radius 3 is 2.51 bits per heavy atom. The van der Waals surface area contributed by atoms with Crippen molar-refractivity contribution in [2.24, 2.45) is 11.3 Å². The molecule has 3 aliphatic heterocycles. The molecule has 0 radical (unpaired) electrons. The molecule has 390 valence electrons. The van der Waals surface area contributed by atoms with Crippen LogP contribution in [0.1, 0.15) is 119 Å². The Labute approximate surface area is 425 Å². The number of likely N-dealkylation sites (tertiary alicyclic amines) is 1. The first-order valence-electron chi connectivity index (χ1n) is 25.6. The number of ether oxygens (including phenoxy) is 4. The van der Waals surface area contributed by atoms with Gasteiger partial charge in [-0.05, 0) is 112 Å². The number of carbonyl (C=O) groups is 1. The number of carbonyl (C=O) groups excluding carboxylic acids is 1. The van der Waals surface area contributed by atoms with Crippen molar-refractivity contribution in [1.29, 1.82) is 0 Å². The number of benzene rings is 3. The summed E-state index contributed by atoms with van der Waals surface area (Å²) in [5.74, 6) is -0.777. The number of anilines is 2. The zero-order valence-corrected chi connectivity index (χ0v) is 42.9. The first-order chi connectivity index (χ1) is 34.9. The summed E-state index contributed by atoms with van der Waals surface area (Å²) < 4.78 is 69.4. The number of hydrogen-bond donors (Lipinski definition) is 4. The number of halogens is 1. The van der Waals surface area contributed by atoms with Crippen molar-refractivity contribution in [2.45, 2.75) is 126 Å². The highest BCUT2D eigenvalue weighted by Crippen LogP contribution is 2.50. The molecule has 0 bridgehead atoms. The molecule has 2 saturated carbocycles. The molecule has 4 fully saturated rings. The number of hydrogen-bond acceptors (Lipinski definition) is 14. The van der Waals surface area contributed by atoms with Crippen LogP contribution in [0.3, 0.4) is 0 Å². The van der Waals surface area contributed by atoms with Gasteiger partial charge >= 0.3 is 0 Å². The predicted octanol–water partition coefficient (Wildman–Crippen LogP) is 9.41. The summed E-state index contributed by atoms with van der Waals surface area (Å²) in [4.78, 5) is 37.8. The number of rotatable bonds is 15. The molecule has 73 heavy (non-hydrogen) atoms. The van der Waals surface area contributed by atoms with Crippen LogP contribution in [-0.2, 0) is 14.8 Å². The summed E-state index contributed by atoms with van der Waals surface area (Å²) in [7, 11) is -3.25. The molecule has 1 spiro atoms. The highest BCUT2D eigenvalue weighted by molar-refractivity contribution is 7.90. The molecule has 4 atom stereocenters. The van der Waals surface area contributed by atoms with Crippen molar-refractivity contribution in [3.8, 4) is 23.1 Å². The van der Waals surface area contributed by atoms with Crippen LogP contribution in [-0.4, -0.2) is 110 Å². The van der Waals surface area contributed by atoms with Crippen LogP contribution in [0.5, 0.6) is 23.1 Å². The molecular formula is C54H66FN7O10S. The van der Waals surface area contributed by atoms with Gasteiger partial charge in [0, 0.05) is 75.5 Å². The van der Waals surface area contributed by atoms with Crippen LogP contribution in [0.15, 0.2) is 71.8 Å². The first kappa shape index (κ1) is 50.5. The quantitative estimate of drug-likeness (QED) is 0.0569. The van der Waals surface area contributed by atoms with Gasteiger partial charge in [-0.15, -0.1) is 0 Å². The molecule has 2 aliphatic carbocycles. The standard InChI is InChI=1S/C54H66FN7O10S/c1-32(2)37-9-6-7-10-38(37)39-11-8-12-44(39)61-30-54(31-61)19-21-60(22-20-54)35-13-14-40(46(23-35)72-48-26-41-42(55)27-56-50(41)58-52(48)71-28-33(3)69-5)51(63)59-73(67,68)36-24-45(62(65)66)49-47(25-36)70-29-43(57-49)34-15-17-53(4,64)18-16-34/h6-7,9-10,13-14,23-27,32-34,39,43-44,57,64H,8,11-12,15-22,28-31H2,1-5H3,(H,56,58)(H,59,63)/t33-,34?,39-,43+,44?,53?/m0/s1. The summed E-state index contributed by atoms with van der Waals surface area (Å²) in [6.07, 6.45) is 8.87. The number of pyridine rings is 1. The molecule has 1 amide bonds. The van der Waals surface area contributed by atoms with Gasteiger partial charge in [-0.25, -0.2) is 17.5 Å². The number of nitrogens with zero attached hydrogens (tertiary/aromatic N) is 4. The average Bonchev–Trinajstić information content (AvgIpc) is 4.00. The van der Waals surface area contributed by atoms with Crippen LogP contribution >= 0.6 is 0 Å². The number of piperidine rings is 1. The summed E-state index contributed by atoms with van der Waals surface area (Å²) in [6.45, 7) is 11.9. The van der Waals surface area contributed by atoms with Gasteiger partial charge in [0.05, 0.1) is 38.5 Å². The van der Waals surface area contributed by atoms with E-state index in [1.54, 1.807) is 26.0 Å². The fourth-order valence-electron chi connectivity index (χ4n) is 11.9. The minimum Gasteiger partial charge on any atom is -0.489 e. The van der Waals surface area contributed by atoms with E-state index in [1.165, 1.54) is 49.6 Å². The van der Waals surface area contributed by atoms with Gasteiger partial charge in [-0.1, -0.05) is 44.5 Å². The average molecular weight is 1020 g/mol. The number of nitro benzene ring substituents is 1.